The number of amides is 4. The summed E-state index contributed by atoms with van der Waals surface area (Å²) in [7, 11) is 0. The summed E-state index contributed by atoms with van der Waals surface area (Å²) in [5.41, 5.74) is 0. The molecular weight excluding hydrogens is 240 g/mol. The van der Waals surface area contributed by atoms with Gasteiger partial charge in [0, 0.05) is 6.04 Å². The maximum absolute atomic E-state index is 12.0. The molecule has 4 amide bonds. The first-order valence-electron chi connectivity index (χ1n) is 5.69. The maximum atomic E-state index is 12.0. The van der Waals surface area contributed by atoms with Gasteiger partial charge in [-0.05, 0) is 31.8 Å². The van der Waals surface area contributed by atoms with E-state index >= 15 is 0 Å². The number of urea groups is 1. The highest BCUT2D eigenvalue weighted by atomic mass is 32.2. The number of hydrogen-bond donors (Lipinski definition) is 1. The summed E-state index contributed by atoms with van der Waals surface area (Å²) in [4.78, 5) is 36.3. The first-order valence-corrected chi connectivity index (χ1v) is 7.09. The smallest absolute Gasteiger partial charge is 0.277 e. The molecule has 0 aromatic carbocycles. The van der Waals surface area contributed by atoms with Crippen LogP contribution in [0.4, 0.5) is 4.79 Å². The molecule has 0 bridgehead atoms. The van der Waals surface area contributed by atoms with E-state index in [2.05, 4.69) is 5.32 Å². The molecule has 1 saturated heterocycles. The first kappa shape index (κ1) is 14.0. The third-order valence-electron chi connectivity index (χ3n) is 2.89. The summed E-state index contributed by atoms with van der Waals surface area (Å²) in [6.45, 7) is 3.60. The molecule has 0 saturated carbocycles. The van der Waals surface area contributed by atoms with Crippen LogP contribution in [0.5, 0.6) is 0 Å². The van der Waals surface area contributed by atoms with E-state index in [1.165, 1.54) is 4.90 Å². The van der Waals surface area contributed by atoms with Crippen molar-refractivity contribution in [1.82, 2.24) is 10.2 Å². The van der Waals surface area contributed by atoms with Gasteiger partial charge in [0.25, 0.3) is 0 Å². The molecule has 2 unspecified atom stereocenters. The molecule has 5 nitrogen and oxygen atoms in total. The zero-order valence-electron chi connectivity index (χ0n) is 10.4. The van der Waals surface area contributed by atoms with Gasteiger partial charge < -0.3 is 0 Å². The van der Waals surface area contributed by atoms with Crippen LogP contribution in [0, 0.1) is 5.92 Å². The van der Waals surface area contributed by atoms with E-state index in [9.17, 15) is 14.4 Å². The number of nitrogens with one attached hydrogen (secondary N) is 1. The number of barbiturate groups is 1. The molecule has 2 atom stereocenters. The van der Waals surface area contributed by atoms with Gasteiger partial charge in [-0.25, -0.2) is 4.79 Å². The summed E-state index contributed by atoms with van der Waals surface area (Å²) in [6, 6.07) is -0.754. The molecule has 1 aliphatic heterocycles. The molecule has 17 heavy (non-hydrogen) atoms. The Balaban J connectivity index is 2.79. The highest BCUT2D eigenvalue weighted by Crippen LogP contribution is 2.18. The Kier molecular flexibility index (Phi) is 4.99. The highest BCUT2D eigenvalue weighted by Gasteiger charge is 2.41. The normalized spacial score (nSPS) is 22.6. The number of nitrogens with zero attached hydrogens (tertiary/aromatic N) is 1. The van der Waals surface area contributed by atoms with Crippen molar-refractivity contribution >= 4 is 29.6 Å². The van der Waals surface area contributed by atoms with Crippen LogP contribution < -0.4 is 5.32 Å². The second-order valence-electron chi connectivity index (χ2n) is 4.09. The van der Waals surface area contributed by atoms with E-state index < -0.39 is 17.9 Å². The molecule has 0 radical (unpaired) electrons. The molecule has 1 heterocycles. The zero-order valence-corrected chi connectivity index (χ0v) is 11.2. The van der Waals surface area contributed by atoms with E-state index in [0.717, 1.165) is 12.2 Å². The largest absolute Gasteiger partial charge is 0.331 e. The van der Waals surface area contributed by atoms with E-state index in [0.29, 0.717) is 6.42 Å². The molecule has 0 aromatic rings. The first-order chi connectivity index (χ1) is 8.02. The quantitative estimate of drug-likeness (QED) is 0.753. The van der Waals surface area contributed by atoms with Crippen LogP contribution in [0.2, 0.25) is 0 Å². The average molecular weight is 258 g/mol. The van der Waals surface area contributed by atoms with Gasteiger partial charge in [0.1, 0.15) is 5.92 Å². The summed E-state index contributed by atoms with van der Waals surface area (Å²) < 4.78 is 0. The fourth-order valence-corrected chi connectivity index (χ4v) is 2.40. The Morgan fingerprint density at radius 3 is 2.59 bits per heavy atom. The van der Waals surface area contributed by atoms with Crippen molar-refractivity contribution in [2.75, 3.05) is 12.0 Å². The summed E-state index contributed by atoms with van der Waals surface area (Å²) in [5.74, 6) is -0.682. The second kappa shape index (κ2) is 6.05. The van der Waals surface area contributed by atoms with Crippen molar-refractivity contribution in [3.63, 3.8) is 0 Å². The molecule has 1 aliphatic rings. The van der Waals surface area contributed by atoms with Crippen molar-refractivity contribution in [3.05, 3.63) is 0 Å². The van der Waals surface area contributed by atoms with Gasteiger partial charge in [0.15, 0.2) is 0 Å². The van der Waals surface area contributed by atoms with Gasteiger partial charge in [0.05, 0.1) is 0 Å². The summed E-state index contributed by atoms with van der Waals surface area (Å²) >= 11 is 1.67. The number of carbonyl (C=O) groups excluding carboxylic acids is 3. The van der Waals surface area contributed by atoms with Gasteiger partial charge in [0.2, 0.25) is 11.8 Å². The van der Waals surface area contributed by atoms with E-state index in [-0.39, 0.29) is 11.9 Å². The van der Waals surface area contributed by atoms with Crippen molar-refractivity contribution in [3.8, 4) is 0 Å². The predicted molar refractivity (Wildman–Crippen MR) is 66.6 cm³/mol. The van der Waals surface area contributed by atoms with Crippen LogP contribution in [0.25, 0.3) is 0 Å². The molecule has 96 valence electrons. The Bertz CT molecular complexity index is 333. The molecule has 6 heteroatoms. The molecule has 0 aliphatic carbocycles. The fourth-order valence-electron chi connectivity index (χ4n) is 1.83. The lowest BCUT2D eigenvalue weighted by Crippen LogP contribution is -2.60. The molecule has 0 aromatic heterocycles. The lowest BCUT2D eigenvalue weighted by atomic mass is 10.0. The van der Waals surface area contributed by atoms with E-state index in [1.807, 2.05) is 13.2 Å². The minimum Gasteiger partial charge on any atom is -0.277 e. The van der Waals surface area contributed by atoms with Crippen molar-refractivity contribution in [2.45, 2.75) is 32.7 Å². The number of hydrogen-bond acceptors (Lipinski definition) is 4. The van der Waals surface area contributed by atoms with E-state index in [4.69, 9.17) is 0 Å². The summed E-state index contributed by atoms with van der Waals surface area (Å²) in [6.07, 6.45) is 3.14. The molecule has 1 rings (SSSR count). The van der Waals surface area contributed by atoms with Crippen LogP contribution in [-0.4, -0.2) is 40.8 Å². The van der Waals surface area contributed by atoms with Gasteiger partial charge in [-0.2, -0.15) is 11.8 Å². The number of carbonyl (C=O) groups is 3. The van der Waals surface area contributed by atoms with Gasteiger partial charge in [-0.15, -0.1) is 0 Å². The average Bonchev–Trinajstić information content (AvgIpc) is 2.26. The molecule has 1 fully saturated rings. The van der Waals surface area contributed by atoms with E-state index in [1.54, 1.807) is 18.7 Å². The SMILES string of the molecule is CCC1C(=O)NC(=O)N(C(C)CCSC)C1=O. The topological polar surface area (TPSA) is 66.5 Å². The number of rotatable bonds is 5. The third-order valence-corrected chi connectivity index (χ3v) is 3.53. The van der Waals surface area contributed by atoms with Crippen molar-refractivity contribution < 1.29 is 14.4 Å². The van der Waals surface area contributed by atoms with Crippen LogP contribution in [0.3, 0.4) is 0 Å². The molecule has 0 spiro atoms. The lowest BCUT2D eigenvalue weighted by molar-refractivity contribution is -0.143. The molecular formula is C11H18N2O3S. The third kappa shape index (κ3) is 3.00. The highest BCUT2D eigenvalue weighted by molar-refractivity contribution is 7.98. The zero-order chi connectivity index (χ0) is 13.0. The Morgan fingerprint density at radius 1 is 1.41 bits per heavy atom. The van der Waals surface area contributed by atoms with Crippen LogP contribution in [0.1, 0.15) is 26.7 Å². The van der Waals surface area contributed by atoms with Gasteiger partial charge >= 0.3 is 6.03 Å². The van der Waals surface area contributed by atoms with Crippen molar-refractivity contribution in [2.24, 2.45) is 5.92 Å². The second-order valence-corrected chi connectivity index (χ2v) is 5.08. The van der Waals surface area contributed by atoms with Crippen LogP contribution in [-0.2, 0) is 9.59 Å². The minimum atomic E-state index is -0.718. The maximum Gasteiger partial charge on any atom is 0.331 e. The number of imide groups is 2. The van der Waals surface area contributed by atoms with Crippen LogP contribution >= 0.6 is 11.8 Å². The van der Waals surface area contributed by atoms with Crippen LogP contribution in [0.15, 0.2) is 0 Å². The minimum absolute atomic E-state index is 0.169. The Hall–Kier alpha value is -1.04. The standard InChI is InChI=1S/C11H18N2O3S/c1-4-8-9(14)12-11(16)13(10(8)15)7(2)5-6-17-3/h7-8H,4-6H2,1-3H3,(H,12,14,16). The fraction of sp³-hybridized carbons (Fsp3) is 0.727. The Labute approximate surface area is 105 Å². The van der Waals surface area contributed by atoms with Crippen molar-refractivity contribution in [1.29, 1.82) is 0 Å². The Morgan fingerprint density at radius 2 is 2.06 bits per heavy atom. The lowest BCUT2D eigenvalue weighted by Gasteiger charge is -2.33. The monoisotopic (exact) mass is 258 g/mol. The van der Waals surface area contributed by atoms with Gasteiger partial charge in [-0.3, -0.25) is 19.8 Å². The summed E-state index contributed by atoms with van der Waals surface area (Å²) in [5, 5.41) is 2.24. The molecule has 1 N–H and O–H groups in total. The predicted octanol–water partition coefficient (Wildman–Crippen LogP) is 1.23. The van der Waals surface area contributed by atoms with Gasteiger partial charge in [-0.1, -0.05) is 6.92 Å². The number of thioether (sulfide) groups is 1.